The Balaban J connectivity index is 1.53. The fraction of sp³-hybridized carbons (Fsp3) is 0.167. The molecule has 3 aromatic rings. The second-order valence-electron chi connectivity index (χ2n) is 7.61. The molecule has 0 bridgehead atoms. The second kappa shape index (κ2) is 10.2. The van der Waals surface area contributed by atoms with Gasteiger partial charge in [-0.2, -0.15) is 0 Å². The van der Waals surface area contributed by atoms with Crippen molar-refractivity contribution in [2.24, 2.45) is 0 Å². The van der Waals surface area contributed by atoms with E-state index in [0.717, 1.165) is 16.7 Å². The summed E-state index contributed by atoms with van der Waals surface area (Å²) < 4.78 is 33.0. The average molecular weight is 468 g/mol. The highest BCUT2D eigenvalue weighted by Gasteiger charge is 2.15. The molecule has 8 nitrogen and oxygen atoms in total. The second-order valence-corrected chi connectivity index (χ2v) is 9.29. The number of rotatable bonds is 7. The molecule has 0 atom stereocenters. The number of amides is 2. The van der Waals surface area contributed by atoms with Crippen LogP contribution < -0.4 is 20.3 Å². The summed E-state index contributed by atoms with van der Waals surface area (Å²) >= 11 is 0. The number of anilines is 1. The maximum absolute atomic E-state index is 12.5. The fourth-order valence-corrected chi connectivity index (χ4v) is 4.08. The van der Waals surface area contributed by atoms with Crippen molar-refractivity contribution < 1.29 is 22.7 Å². The van der Waals surface area contributed by atoms with Gasteiger partial charge in [0, 0.05) is 11.3 Å². The Kier molecular flexibility index (Phi) is 7.34. The Morgan fingerprint density at radius 2 is 1.39 bits per heavy atom. The fourth-order valence-electron chi connectivity index (χ4n) is 3.02. The van der Waals surface area contributed by atoms with Gasteiger partial charge in [-0.1, -0.05) is 23.8 Å². The van der Waals surface area contributed by atoms with Gasteiger partial charge < -0.3 is 4.74 Å². The van der Waals surface area contributed by atoms with Crippen LogP contribution in [-0.2, 0) is 14.8 Å². The van der Waals surface area contributed by atoms with E-state index in [2.05, 4.69) is 15.6 Å². The van der Waals surface area contributed by atoms with Crippen molar-refractivity contribution in [2.45, 2.75) is 25.7 Å². The number of nitrogens with one attached hydrogen (secondary N) is 3. The summed E-state index contributed by atoms with van der Waals surface area (Å²) in [6.07, 6.45) is 0. The number of benzene rings is 3. The van der Waals surface area contributed by atoms with E-state index in [9.17, 15) is 18.0 Å². The van der Waals surface area contributed by atoms with Gasteiger partial charge in [0.05, 0.1) is 4.90 Å². The molecule has 3 rings (SSSR count). The van der Waals surface area contributed by atoms with E-state index in [1.807, 2.05) is 39.0 Å². The monoisotopic (exact) mass is 467 g/mol. The van der Waals surface area contributed by atoms with Gasteiger partial charge in [-0.25, -0.2) is 8.42 Å². The summed E-state index contributed by atoms with van der Waals surface area (Å²) in [5, 5.41) is 0. The van der Waals surface area contributed by atoms with Crippen molar-refractivity contribution in [2.75, 3.05) is 11.3 Å². The highest BCUT2D eigenvalue weighted by atomic mass is 32.2. The number of hydrogen-bond acceptors (Lipinski definition) is 5. The molecule has 0 radical (unpaired) electrons. The molecule has 0 saturated heterocycles. The van der Waals surface area contributed by atoms with E-state index < -0.39 is 21.8 Å². The third-order valence-corrected chi connectivity index (χ3v) is 6.01. The maximum atomic E-state index is 12.5. The number of carbonyl (C=O) groups excluding carboxylic acids is 2. The molecule has 0 aromatic heterocycles. The van der Waals surface area contributed by atoms with Gasteiger partial charge in [0.25, 0.3) is 21.8 Å². The van der Waals surface area contributed by atoms with Crippen LogP contribution in [0, 0.1) is 20.8 Å². The lowest BCUT2D eigenvalue weighted by Gasteiger charge is -2.11. The Hall–Kier alpha value is -3.85. The van der Waals surface area contributed by atoms with Gasteiger partial charge in [-0.3, -0.25) is 25.2 Å². The minimum Gasteiger partial charge on any atom is -0.484 e. The molecule has 0 fully saturated rings. The molecule has 0 aliphatic rings. The molecule has 0 saturated carbocycles. The lowest BCUT2D eigenvalue weighted by Crippen LogP contribution is -2.43. The van der Waals surface area contributed by atoms with Crippen LogP contribution in [-0.4, -0.2) is 26.8 Å². The first-order chi connectivity index (χ1) is 15.6. The summed E-state index contributed by atoms with van der Waals surface area (Å²) in [7, 11) is -3.80. The highest BCUT2D eigenvalue weighted by Crippen LogP contribution is 2.18. The molecule has 33 heavy (non-hydrogen) atoms. The van der Waals surface area contributed by atoms with Crippen LogP contribution in [0.5, 0.6) is 5.75 Å². The Bertz CT molecular complexity index is 1230. The van der Waals surface area contributed by atoms with Crippen molar-refractivity contribution in [3.8, 4) is 5.75 Å². The average Bonchev–Trinajstić information content (AvgIpc) is 2.77. The first kappa shape index (κ1) is 23.8. The minimum absolute atomic E-state index is 0.00510. The van der Waals surface area contributed by atoms with Crippen molar-refractivity contribution in [3.05, 3.63) is 89.0 Å². The van der Waals surface area contributed by atoms with Gasteiger partial charge >= 0.3 is 0 Å². The van der Waals surface area contributed by atoms with Gasteiger partial charge in [-0.05, 0) is 80.4 Å². The molecule has 2 amide bonds. The largest absolute Gasteiger partial charge is 0.484 e. The summed E-state index contributed by atoms with van der Waals surface area (Å²) in [5.74, 6) is -0.570. The number of ether oxygens (including phenoxy) is 1. The Morgan fingerprint density at radius 1 is 0.788 bits per heavy atom. The normalized spacial score (nSPS) is 10.9. The quantitative estimate of drug-likeness (QED) is 0.462. The van der Waals surface area contributed by atoms with Crippen molar-refractivity contribution in [3.63, 3.8) is 0 Å². The van der Waals surface area contributed by atoms with Crippen molar-refractivity contribution in [1.29, 1.82) is 0 Å². The first-order valence-electron chi connectivity index (χ1n) is 10.1. The molecule has 0 aliphatic heterocycles. The zero-order valence-corrected chi connectivity index (χ0v) is 19.3. The summed E-state index contributed by atoms with van der Waals surface area (Å²) in [4.78, 5) is 24.2. The first-order valence-corrected chi connectivity index (χ1v) is 11.6. The van der Waals surface area contributed by atoms with Gasteiger partial charge in [0.1, 0.15) is 5.75 Å². The van der Waals surface area contributed by atoms with E-state index in [4.69, 9.17) is 4.74 Å². The lowest BCUT2D eigenvalue weighted by molar-refractivity contribution is -0.123. The van der Waals surface area contributed by atoms with Crippen LogP contribution in [0.4, 0.5) is 5.69 Å². The molecule has 0 aliphatic carbocycles. The molecule has 0 heterocycles. The Morgan fingerprint density at radius 3 is 2.00 bits per heavy atom. The van der Waals surface area contributed by atoms with Gasteiger partial charge in [0.15, 0.2) is 6.61 Å². The van der Waals surface area contributed by atoms with Crippen LogP contribution in [0.25, 0.3) is 0 Å². The third-order valence-electron chi connectivity index (χ3n) is 4.61. The number of sulfonamides is 1. The molecule has 0 unspecified atom stereocenters. The topological polar surface area (TPSA) is 114 Å². The summed E-state index contributed by atoms with van der Waals surface area (Å²) in [5.41, 5.74) is 8.20. The minimum atomic E-state index is -3.80. The van der Waals surface area contributed by atoms with Crippen LogP contribution in [0.2, 0.25) is 0 Å². The van der Waals surface area contributed by atoms with E-state index in [1.165, 1.54) is 24.3 Å². The smallest absolute Gasteiger partial charge is 0.276 e. The Labute approximate surface area is 193 Å². The molecule has 9 heteroatoms. The third kappa shape index (κ3) is 6.81. The van der Waals surface area contributed by atoms with Crippen molar-refractivity contribution >= 4 is 27.5 Å². The SMILES string of the molecule is Cc1ccc(NS(=O)(=O)c2ccc(C(=O)NNC(=O)COc3cc(C)cc(C)c3)cc2)cc1. The molecular weight excluding hydrogens is 442 g/mol. The molecular formula is C24H25N3O5S. The number of aryl methyl sites for hydroxylation is 3. The zero-order chi connectivity index (χ0) is 24.0. The zero-order valence-electron chi connectivity index (χ0n) is 18.5. The lowest BCUT2D eigenvalue weighted by atomic mass is 10.1. The predicted octanol–water partition coefficient (Wildman–Crippen LogP) is 3.25. The van der Waals surface area contributed by atoms with Crippen LogP contribution in [0.1, 0.15) is 27.0 Å². The predicted molar refractivity (Wildman–Crippen MR) is 125 cm³/mol. The highest BCUT2D eigenvalue weighted by molar-refractivity contribution is 7.92. The molecule has 172 valence electrons. The number of hydrazine groups is 1. The van der Waals surface area contributed by atoms with Crippen LogP contribution >= 0.6 is 0 Å². The maximum Gasteiger partial charge on any atom is 0.276 e. The van der Waals surface area contributed by atoms with Crippen molar-refractivity contribution in [1.82, 2.24) is 10.9 Å². The van der Waals surface area contributed by atoms with E-state index in [0.29, 0.717) is 11.4 Å². The van der Waals surface area contributed by atoms with Gasteiger partial charge in [-0.15, -0.1) is 0 Å². The van der Waals surface area contributed by atoms with Crippen LogP contribution in [0.3, 0.4) is 0 Å². The molecule has 3 N–H and O–H groups in total. The number of carbonyl (C=O) groups is 2. The van der Waals surface area contributed by atoms with E-state index >= 15 is 0 Å². The summed E-state index contributed by atoms with van der Waals surface area (Å²) in [6, 6.07) is 17.9. The van der Waals surface area contributed by atoms with E-state index in [-0.39, 0.29) is 17.1 Å². The van der Waals surface area contributed by atoms with E-state index in [1.54, 1.807) is 24.3 Å². The summed E-state index contributed by atoms with van der Waals surface area (Å²) in [6.45, 7) is 5.48. The number of hydrogen-bond donors (Lipinski definition) is 3. The van der Waals surface area contributed by atoms with Gasteiger partial charge in [0.2, 0.25) is 0 Å². The standard InChI is InChI=1S/C24H25N3O5S/c1-16-4-8-20(9-5-16)27-33(30,31)22-10-6-19(7-11-22)24(29)26-25-23(28)15-32-21-13-17(2)12-18(3)14-21/h4-14,27H,15H2,1-3H3,(H,25,28)(H,26,29). The molecule has 3 aromatic carbocycles. The van der Waals surface area contributed by atoms with Crippen LogP contribution in [0.15, 0.2) is 71.6 Å². The molecule has 0 spiro atoms.